The van der Waals surface area contributed by atoms with Crippen LogP contribution in [-0.4, -0.2) is 56.9 Å². The number of carbonyl (C=O) groups is 2. The van der Waals surface area contributed by atoms with Gasteiger partial charge in [0.15, 0.2) is 0 Å². The van der Waals surface area contributed by atoms with Crippen LogP contribution in [0.3, 0.4) is 0 Å². The highest BCUT2D eigenvalue weighted by molar-refractivity contribution is 5.88. The Kier molecular flexibility index (Phi) is 9.22. The molecule has 0 aliphatic rings. The van der Waals surface area contributed by atoms with E-state index in [1.54, 1.807) is 41.7 Å². The number of benzene rings is 3. The summed E-state index contributed by atoms with van der Waals surface area (Å²) in [5.74, 6) is -0.238. The van der Waals surface area contributed by atoms with E-state index in [2.05, 4.69) is 4.98 Å². The molecule has 0 aliphatic carbocycles. The maximum atomic E-state index is 13.3. The number of aryl methyl sites for hydroxylation is 1. The standard InChI is InChI=1S/C32H35N3O5/c1-32(2,3)40-31(38)35(18-7-17-34-19-16-33-23-34)21-25(20-24-12-14-27(15-13-24)30(36)37)22-39-29-11-6-9-26-8-4-5-10-28(26)29/h4-6,8-16,19-20,23H,7,17-18,21-22H2,1-3H3,(H,36,37)/b25-20-. The number of aromatic carboxylic acids is 1. The predicted molar refractivity (Wildman–Crippen MR) is 155 cm³/mol. The lowest BCUT2D eigenvalue weighted by atomic mass is 10.1. The van der Waals surface area contributed by atoms with Crippen molar-refractivity contribution in [3.05, 3.63) is 102 Å². The van der Waals surface area contributed by atoms with E-state index in [4.69, 9.17) is 9.47 Å². The Hall–Kier alpha value is -4.59. The number of hydrogen-bond donors (Lipinski definition) is 1. The van der Waals surface area contributed by atoms with Crippen molar-refractivity contribution in [2.45, 2.75) is 39.3 Å². The molecule has 1 heterocycles. The molecule has 0 atom stereocenters. The van der Waals surface area contributed by atoms with E-state index in [0.717, 1.165) is 27.7 Å². The van der Waals surface area contributed by atoms with Gasteiger partial charge in [-0.2, -0.15) is 0 Å². The van der Waals surface area contributed by atoms with Gasteiger partial charge in [-0.15, -0.1) is 0 Å². The first-order chi connectivity index (χ1) is 19.2. The van der Waals surface area contributed by atoms with Gasteiger partial charge < -0.3 is 24.0 Å². The molecule has 0 spiro atoms. The van der Waals surface area contributed by atoms with Crippen molar-refractivity contribution in [1.29, 1.82) is 0 Å². The average molecular weight is 542 g/mol. The maximum absolute atomic E-state index is 13.3. The van der Waals surface area contributed by atoms with Crippen molar-refractivity contribution >= 4 is 28.9 Å². The molecule has 0 saturated carbocycles. The minimum atomic E-state index is -0.982. The number of imidazole rings is 1. The summed E-state index contributed by atoms with van der Waals surface area (Å²) in [5.41, 5.74) is 1.21. The van der Waals surface area contributed by atoms with Crippen LogP contribution in [0.1, 0.15) is 43.1 Å². The number of hydrogen-bond acceptors (Lipinski definition) is 5. The summed E-state index contributed by atoms with van der Waals surface area (Å²) in [6.07, 6.45) is 7.61. The molecule has 0 aliphatic heterocycles. The fourth-order valence-electron chi connectivity index (χ4n) is 4.25. The van der Waals surface area contributed by atoms with Gasteiger partial charge in [0.1, 0.15) is 18.0 Å². The monoisotopic (exact) mass is 541 g/mol. The topological polar surface area (TPSA) is 93.9 Å². The summed E-state index contributed by atoms with van der Waals surface area (Å²) in [6, 6.07) is 20.6. The molecule has 0 saturated heterocycles. The summed E-state index contributed by atoms with van der Waals surface area (Å²) in [6.45, 7) is 7.23. The number of fused-ring (bicyclic) bond motifs is 1. The first kappa shape index (κ1) is 28.4. The SMILES string of the molecule is CC(C)(C)OC(=O)N(CCCn1ccnc1)C/C(=C/c1ccc(C(=O)O)cc1)COc1cccc2ccccc12. The van der Waals surface area contributed by atoms with E-state index in [1.807, 2.05) is 80.1 Å². The third-order valence-corrected chi connectivity index (χ3v) is 6.14. The summed E-state index contributed by atoms with van der Waals surface area (Å²) in [4.78, 5) is 30.4. The Balaban J connectivity index is 1.59. The van der Waals surface area contributed by atoms with Crippen LogP contribution in [0.2, 0.25) is 0 Å². The average Bonchev–Trinajstić information content (AvgIpc) is 3.44. The molecule has 1 N–H and O–H groups in total. The molecular weight excluding hydrogens is 506 g/mol. The summed E-state index contributed by atoms with van der Waals surface area (Å²) >= 11 is 0. The minimum Gasteiger partial charge on any atom is -0.489 e. The number of carboxylic acids is 1. The minimum absolute atomic E-state index is 0.209. The molecule has 1 amide bonds. The van der Waals surface area contributed by atoms with Gasteiger partial charge in [-0.05, 0) is 61.9 Å². The number of nitrogens with zero attached hydrogens (tertiary/aromatic N) is 3. The molecule has 3 aromatic carbocycles. The third-order valence-electron chi connectivity index (χ3n) is 6.14. The first-order valence-electron chi connectivity index (χ1n) is 13.2. The molecule has 40 heavy (non-hydrogen) atoms. The number of ether oxygens (including phenoxy) is 2. The van der Waals surface area contributed by atoms with Crippen molar-refractivity contribution < 1.29 is 24.2 Å². The smallest absolute Gasteiger partial charge is 0.410 e. The third kappa shape index (κ3) is 8.20. The van der Waals surface area contributed by atoms with Crippen LogP contribution in [0.5, 0.6) is 5.75 Å². The maximum Gasteiger partial charge on any atom is 0.410 e. The molecule has 1 aromatic heterocycles. The second kappa shape index (κ2) is 13.0. The van der Waals surface area contributed by atoms with Gasteiger partial charge in [0, 0.05) is 37.4 Å². The number of amides is 1. The number of rotatable bonds is 11. The molecule has 0 fully saturated rings. The van der Waals surface area contributed by atoms with Gasteiger partial charge in [0.05, 0.1) is 11.9 Å². The van der Waals surface area contributed by atoms with Crippen molar-refractivity contribution in [3.63, 3.8) is 0 Å². The van der Waals surface area contributed by atoms with E-state index >= 15 is 0 Å². The Morgan fingerprint density at radius 2 is 1.77 bits per heavy atom. The van der Waals surface area contributed by atoms with Gasteiger partial charge in [-0.1, -0.05) is 54.6 Å². The van der Waals surface area contributed by atoms with Gasteiger partial charge in [0.25, 0.3) is 0 Å². The molecule has 0 radical (unpaired) electrons. The molecule has 4 rings (SSSR count). The lowest BCUT2D eigenvalue weighted by Crippen LogP contribution is -2.39. The lowest BCUT2D eigenvalue weighted by Gasteiger charge is -2.28. The summed E-state index contributed by atoms with van der Waals surface area (Å²) < 4.78 is 14.0. The highest BCUT2D eigenvalue weighted by atomic mass is 16.6. The number of carboxylic acid groups (broad SMARTS) is 1. The van der Waals surface area contributed by atoms with Gasteiger partial charge in [-0.25, -0.2) is 14.6 Å². The molecular formula is C32H35N3O5. The Morgan fingerprint density at radius 1 is 1.02 bits per heavy atom. The Bertz CT molecular complexity index is 1450. The van der Waals surface area contributed by atoms with Crippen molar-refractivity contribution in [2.75, 3.05) is 19.7 Å². The zero-order valence-electron chi connectivity index (χ0n) is 23.1. The van der Waals surface area contributed by atoms with Crippen LogP contribution in [-0.2, 0) is 11.3 Å². The van der Waals surface area contributed by atoms with Crippen LogP contribution in [0, 0.1) is 0 Å². The van der Waals surface area contributed by atoms with E-state index < -0.39 is 17.7 Å². The molecule has 4 aromatic rings. The lowest BCUT2D eigenvalue weighted by molar-refractivity contribution is 0.0260. The van der Waals surface area contributed by atoms with E-state index in [-0.39, 0.29) is 18.7 Å². The Labute approximate surface area is 234 Å². The van der Waals surface area contributed by atoms with Crippen LogP contribution in [0.4, 0.5) is 4.79 Å². The molecule has 8 heteroatoms. The van der Waals surface area contributed by atoms with E-state index in [0.29, 0.717) is 19.5 Å². The zero-order chi connectivity index (χ0) is 28.5. The quantitative estimate of drug-likeness (QED) is 0.232. The van der Waals surface area contributed by atoms with Crippen LogP contribution >= 0.6 is 0 Å². The highest BCUT2D eigenvalue weighted by Gasteiger charge is 2.23. The largest absolute Gasteiger partial charge is 0.489 e. The summed E-state index contributed by atoms with van der Waals surface area (Å²) in [7, 11) is 0. The normalized spacial score (nSPS) is 11.8. The van der Waals surface area contributed by atoms with Gasteiger partial charge in [-0.3, -0.25) is 0 Å². The van der Waals surface area contributed by atoms with Gasteiger partial charge >= 0.3 is 12.1 Å². The molecule has 0 bridgehead atoms. The zero-order valence-corrected chi connectivity index (χ0v) is 23.1. The van der Waals surface area contributed by atoms with Crippen LogP contribution < -0.4 is 4.74 Å². The molecule has 208 valence electrons. The van der Waals surface area contributed by atoms with Gasteiger partial charge in [0.2, 0.25) is 0 Å². The second-order valence-electron chi connectivity index (χ2n) is 10.6. The van der Waals surface area contributed by atoms with Crippen molar-refractivity contribution in [1.82, 2.24) is 14.5 Å². The van der Waals surface area contributed by atoms with E-state index in [9.17, 15) is 14.7 Å². The van der Waals surface area contributed by atoms with Crippen LogP contribution in [0.25, 0.3) is 16.8 Å². The first-order valence-corrected chi connectivity index (χ1v) is 13.2. The number of carbonyl (C=O) groups excluding carboxylic acids is 1. The molecule has 0 unspecified atom stereocenters. The number of aromatic nitrogens is 2. The van der Waals surface area contributed by atoms with Crippen molar-refractivity contribution in [2.24, 2.45) is 0 Å². The Morgan fingerprint density at radius 3 is 2.48 bits per heavy atom. The predicted octanol–water partition coefficient (Wildman–Crippen LogP) is 6.52. The second-order valence-corrected chi connectivity index (χ2v) is 10.6. The summed E-state index contributed by atoms with van der Waals surface area (Å²) in [5, 5.41) is 11.4. The van der Waals surface area contributed by atoms with Crippen molar-refractivity contribution in [3.8, 4) is 5.75 Å². The molecule has 8 nitrogen and oxygen atoms in total. The fourth-order valence-corrected chi connectivity index (χ4v) is 4.25. The van der Waals surface area contributed by atoms with Crippen LogP contribution in [0.15, 0.2) is 91.0 Å². The van der Waals surface area contributed by atoms with E-state index in [1.165, 1.54) is 0 Å². The highest BCUT2D eigenvalue weighted by Crippen LogP contribution is 2.26. The fraction of sp³-hybridized carbons (Fsp3) is 0.281.